The number of anilines is 1. The summed E-state index contributed by atoms with van der Waals surface area (Å²) in [6, 6.07) is 17.9. The molecule has 2 aromatic carbocycles. The van der Waals surface area contributed by atoms with Gasteiger partial charge in [0.05, 0.1) is 12.8 Å². The molecule has 0 bridgehead atoms. The fraction of sp³-hybridized carbons (Fsp3) is 0.346. The number of nitrogens with one attached hydrogen (secondary N) is 1. The van der Waals surface area contributed by atoms with Crippen molar-refractivity contribution in [2.45, 2.75) is 46.4 Å². The zero-order chi connectivity index (χ0) is 23.1. The van der Waals surface area contributed by atoms with Gasteiger partial charge in [0, 0.05) is 25.3 Å². The Labute approximate surface area is 189 Å². The first-order valence-electron chi connectivity index (χ1n) is 10.8. The molecule has 1 aromatic heterocycles. The van der Waals surface area contributed by atoms with Crippen molar-refractivity contribution in [1.29, 1.82) is 0 Å². The Morgan fingerprint density at radius 1 is 1.09 bits per heavy atom. The summed E-state index contributed by atoms with van der Waals surface area (Å²) in [6.45, 7) is 10.4. The van der Waals surface area contributed by atoms with Crippen LogP contribution in [0.2, 0.25) is 0 Å². The molecule has 0 unspecified atom stereocenters. The van der Waals surface area contributed by atoms with Crippen molar-refractivity contribution < 1.29 is 19.1 Å². The Kier molecular flexibility index (Phi) is 7.59. The van der Waals surface area contributed by atoms with Crippen molar-refractivity contribution in [1.82, 2.24) is 4.90 Å². The van der Waals surface area contributed by atoms with E-state index in [2.05, 4.69) is 42.3 Å². The van der Waals surface area contributed by atoms with Gasteiger partial charge in [-0.1, -0.05) is 29.8 Å². The Bertz CT molecular complexity index is 1010. The first-order chi connectivity index (χ1) is 15.2. The fourth-order valence-electron chi connectivity index (χ4n) is 3.46. The first-order valence-corrected chi connectivity index (χ1v) is 10.8. The second-order valence-corrected chi connectivity index (χ2v) is 8.60. The molecule has 2 N–H and O–H groups in total. The third-order valence-electron chi connectivity index (χ3n) is 5.30. The van der Waals surface area contributed by atoms with E-state index in [0.717, 1.165) is 36.6 Å². The van der Waals surface area contributed by atoms with Gasteiger partial charge >= 0.3 is 5.97 Å². The van der Waals surface area contributed by atoms with Gasteiger partial charge in [0.1, 0.15) is 11.5 Å². The van der Waals surface area contributed by atoms with Crippen LogP contribution in [0.15, 0.2) is 65.3 Å². The Morgan fingerprint density at radius 2 is 1.84 bits per heavy atom. The smallest absolute Gasteiger partial charge is 0.347 e. The van der Waals surface area contributed by atoms with E-state index in [1.54, 1.807) is 6.26 Å². The molecule has 0 saturated carbocycles. The van der Waals surface area contributed by atoms with Crippen molar-refractivity contribution in [2.24, 2.45) is 0 Å². The van der Waals surface area contributed by atoms with E-state index in [1.165, 1.54) is 25.0 Å². The Morgan fingerprint density at radius 3 is 2.47 bits per heavy atom. The van der Waals surface area contributed by atoms with Crippen LogP contribution in [-0.2, 0) is 17.9 Å². The Balaban J connectivity index is 1.63. The molecule has 0 radical (unpaired) electrons. The fourth-order valence-corrected chi connectivity index (χ4v) is 3.46. The second kappa shape index (κ2) is 10.4. The lowest BCUT2D eigenvalue weighted by atomic mass is 10.1. The van der Waals surface area contributed by atoms with Gasteiger partial charge in [-0.05, 0) is 69.2 Å². The predicted molar refractivity (Wildman–Crippen MR) is 126 cm³/mol. The molecule has 0 aliphatic carbocycles. The number of benzene rings is 2. The zero-order valence-electron chi connectivity index (χ0n) is 19.2. The summed E-state index contributed by atoms with van der Waals surface area (Å²) < 4.78 is 11.2. The molecule has 0 aliphatic heterocycles. The van der Waals surface area contributed by atoms with E-state index in [1.807, 2.05) is 36.4 Å². The van der Waals surface area contributed by atoms with E-state index in [0.29, 0.717) is 12.3 Å². The second-order valence-electron chi connectivity index (χ2n) is 8.60. The topological polar surface area (TPSA) is 74.9 Å². The third kappa shape index (κ3) is 6.62. The molecule has 3 rings (SSSR count). The van der Waals surface area contributed by atoms with Gasteiger partial charge in [-0.15, -0.1) is 0 Å². The molecular weight excluding hydrogens is 404 g/mol. The summed E-state index contributed by atoms with van der Waals surface area (Å²) >= 11 is 0. The number of aryl methyl sites for hydroxylation is 2. The minimum atomic E-state index is -1.27. The number of rotatable bonds is 11. The summed E-state index contributed by atoms with van der Waals surface area (Å²) in [4.78, 5) is 13.6. The summed E-state index contributed by atoms with van der Waals surface area (Å²) in [6.07, 6.45) is 1.69. The van der Waals surface area contributed by atoms with Crippen molar-refractivity contribution in [3.63, 3.8) is 0 Å². The van der Waals surface area contributed by atoms with Gasteiger partial charge in [0.25, 0.3) is 0 Å². The van der Waals surface area contributed by atoms with Crippen LogP contribution < -0.4 is 10.1 Å². The normalized spacial score (nSPS) is 11.5. The molecular formula is C26H32N2O4. The highest BCUT2D eigenvalue weighted by atomic mass is 16.5. The molecule has 3 aromatic rings. The van der Waals surface area contributed by atoms with Gasteiger partial charge in [-0.25, -0.2) is 4.79 Å². The average Bonchev–Trinajstić information content (AvgIpc) is 3.24. The molecule has 170 valence electrons. The van der Waals surface area contributed by atoms with E-state index >= 15 is 0 Å². The van der Waals surface area contributed by atoms with Crippen LogP contribution in [0.4, 0.5) is 5.69 Å². The first kappa shape index (κ1) is 23.4. The minimum absolute atomic E-state index is 0.537. The predicted octanol–water partition coefficient (Wildman–Crippen LogP) is 5.25. The number of hydrogen-bond donors (Lipinski definition) is 2. The highest BCUT2D eigenvalue weighted by Crippen LogP contribution is 2.21. The van der Waals surface area contributed by atoms with Gasteiger partial charge in [-0.3, -0.25) is 4.90 Å². The number of carbonyl (C=O) groups is 1. The van der Waals surface area contributed by atoms with E-state index in [-0.39, 0.29) is 0 Å². The molecule has 1 heterocycles. The Hall–Kier alpha value is -3.25. The number of ether oxygens (including phenoxy) is 1. The highest BCUT2D eigenvalue weighted by molar-refractivity contribution is 5.76. The largest absolute Gasteiger partial charge is 0.478 e. The summed E-state index contributed by atoms with van der Waals surface area (Å²) in [7, 11) is 0. The molecule has 0 atom stereocenters. The number of carboxylic acid groups (broad SMARTS) is 1. The molecule has 0 saturated heterocycles. The molecule has 0 aliphatic rings. The summed E-state index contributed by atoms with van der Waals surface area (Å²) in [5.41, 5.74) is 3.49. The van der Waals surface area contributed by atoms with Gasteiger partial charge in [0.2, 0.25) is 0 Å². The molecule has 6 nitrogen and oxygen atoms in total. The van der Waals surface area contributed by atoms with E-state index < -0.39 is 11.6 Å². The minimum Gasteiger partial charge on any atom is -0.478 e. The number of hydrogen-bond acceptors (Lipinski definition) is 5. The maximum absolute atomic E-state index is 11.3. The lowest BCUT2D eigenvalue weighted by Crippen LogP contribution is -2.37. The van der Waals surface area contributed by atoms with Crippen molar-refractivity contribution in [3.8, 4) is 5.75 Å². The van der Waals surface area contributed by atoms with Crippen molar-refractivity contribution in [2.75, 3.05) is 18.4 Å². The monoisotopic (exact) mass is 436 g/mol. The standard InChI is InChI=1S/C26H32N2O4/c1-19-7-12-24(20(2)16-19)27-13-14-28(18-23-6-5-15-31-23)17-21-8-10-22(11-9-21)32-26(3,4)25(29)30/h5-12,15-16,27H,13-14,17-18H2,1-4H3,(H,29,30). The number of furan rings is 1. The number of nitrogens with zero attached hydrogens (tertiary/aromatic N) is 1. The van der Waals surface area contributed by atoms with Crippen LogP contribution in [0.25, 0.3) is 0 Å². The van der Waals surface area contributed by atoms with E-state index in [9.17, 15) is 9.90 Å². The van der Waals surface area contributed by atoms with E-state index in [4.69, 9.17) is 9.15 Å². The van der Waals surface area contributed by atoms with Gasteiger partial charge in [-0.2, -0.15) is 0 Å². The maximum Gasteiger partial charge on any atom is 0.347 e. The molecule has 0 amide bonds. The quantitative estimate of drug-likeness (QED) is 0.427. The molecule has 0 fully saturated rings. The third-order valence-corrected chi connectivity index (χ3v) is 5.30. The van der Waals surface area contributed by atoms with Gasteiger partial charge in [0.15, 0.2) is 5.60 Å². The maximum atomic E-state index is 11.3. The average molecular weight is 437 g/mol. The van der Waals surface area contributed by atoms with Crippen LogP contribution in [0, 0.1) is 13.8 Å². The summed E-state index contributed by atoms with van der Waals surface area (Å²) in [5, 5.41) is 12.8. The van der Waals surface area contributed by atoms with Crippen LogP contribution in [0.1, 0.15) is 36.3 Å². The lowest BCUT2D eigenvalue weighted by Gasteiger charge is -2.23. The zero-order valence-corrected chi connectivity index (χ0v) is 19.2. The van der Waals surface area contributed by atoms with Crippen LogP contribution >= 0.6 is 0 Å². The van der Waals surface area contributed by atoms with Crippen molar-refractivity contribution >= 4 is 11.7 Å². The SMILES string of the molecule is Cc1ccc(NCCN(Cc2ccc(OC(C)(C)C(=O)O)cc2)Cc2ccco2)c(C)c1. The highest BCUT2D eigenvalue weighted by Gasteiger charge is 2.29. The number of carboxylic acids is 1. The van der Waals surface area contributed by atoms with Crippen LogP contribution in [0.5, 0.6) is 5.75 Å². The molecule has 0 spiro atoms. The molecule has 6 heteroatoms. The number of aliphatic carboxylic acids is 1. The van der Waals surface area contributed by atoms with Crippen LogP contribution in [0.3, 0.4) is 0 Å². The summed E-state index contributed by atoms with van der Waals surface area (Å²) in [5.74, 6) is 0.456. The van der Waals surface area contributed by atoms with Crippen molar-refractivity contribution in [3.05, 3.63) is 83.3 Å². The van der Waals surface area contributed by atoms with Gasteiger partial charge < -0.3 is 19.6 Å². The van der Waals surface area contributed by atoms with Crippen LogP contribution in [-0.4, -0.2) is 34.7 Å². The molecule has 32 heavy (non-hydrogen) atoms. The lowest BCUT2D eigenvalue weighted by molar-refractivity contribution is -0.152.